The van der Waals surface area contributed by atoms with E-state index in [0.717, 1.165) is 50.7 Å². The maximum absolute atomic E-state index is 13.1. The second-order valence-electron chi connectivity index (χ2n) is 9.61. The van der Waals surface area contributed by atoms with Crippen LogP contribution in [0.3, 0.4) is 0 Å². The van der Waals surface area contributed by atoms with Gasteiger partial charge in [0.15, 0.2) is 11.5 Å². The number of carbonyl (C=O) groups is 2. The minimum atomic E-state index is -0.833. The second kappa shape index (κ2) is 17.7. The molecule has 1 aromatic rings. The number of amides is 1. The van der Waals surface area contributed by atoms with E-state index in [2.05, 4.69) is 57.6 Å². The van der Waals surface area contributed by atoms with E-state index < -0.39 is 5.97 Å². The molecule has 8 nitrogen and oxygen atoms in total. The summed E-state index contributed by atoms with van der Waals surface area (Å²) in [5, 5.41) is 9.00. The molecular weight excluding hydrogens is 472 g/mol. The van der Waals surface area contributed by atoms with E-state index >= 15 is 0 Å². The highest BCUT2D eigenvalue weighted by molar-refractivity contribution is 5.77. The van der Waals surface area contributed by atoms with Gasteiger partial charge in [-0.05, 0) is 55.2 Å². The van der Waals surface area contributed by atoms with E-state index in [1.165, 1.54) is 18.4 Å². The molecule has 2 unspecified atom stereocenters. The molecular formula is C29H46N2O6. The summed E-state index contributed by atoms with van der Waals surface area (Å²) in [6.45, 7) is 12.7. The molecule has 1 fully saturated rings. The fourth-order valence-corrected chi connectivity index (χ4v) is 4.83. The maximum Gasteiger partial charge on any atom is 0.300 e. The lowest BCUT2D eigenvalue weighted by Gasteiger charge is -2.29. The summed E-state index contributed by atoms with van der Waals surface area (Å²) in [6.07, 6.45) is 14.4. The van der Waals surface area contributed by atoms with Gasteiger partial charge in [-0.2, -0.15) is 0 Å². The molecule has 1 aromatic carbocycles. The highest BCUT2D eigenvalue weighted by atomic mass is 16.7. The van der Waals surface area contributed by atoms with Crippen LogP contribution in [-0.4, -0.2) is 66.0 Å². The Morgan fingerprint density at radius 3 is 2.46 bits per heavy atom. The van der Waals surface area contributed by atoms with Crippen molar-refractivity contribution in [3.05, 3.63) is 23.8 Å². The van der Waals surface area contributed by atoms with Crippen LogP contribution < -0.4 is 9.47 Å². The number of hydrogen-bond acceptors (Lipinski definition) is 6. The van der Waals surface area contributed by atoms with Crippen molar-refractivity contribution in [1.82, 2.24) is 9.96 Å². The first-order valence-electron chi connectivity index (χ1n) is 13.4. The number of nitrogens with zero attached hydrogens (tertiary/aromatic N) is 2. The second-order valence-corrected chi connectivity index (χ2v) is 9.61. The molecule has 0 radical (unpaired) electrons. The number of aliphatic carboxylic acids is 1. The number of benzene rings is 1. The van der Waals surface area contributed by atoms with Gasteiger partial charge in [0.25, 0.3) is 11.9 Å². The Bertz CT molecular complexity index is 839. The number of hydroxylamine groups is 2. The molecule has 1 saturated heterocycles. The van der Waals surface area contributed by atoms with Crippen molar-refractivity contribution in [1.29, 1.82) is 0 Å². The quantitative estimate of drug-likeness (QED) is 0.296. The molecule has 0 aliphatic carbocycles. The Morgan fingerprint density at radius 1 is 1.16 bits per heavy atom. The molecule has 1 amide bonds. The third-order valence-electron chi connectivity index (χ3n) is 6.35. The summed E-state index contributed by atoms with van der Waals surface area (Å²) in [4.78, 5) is 30.2. The smallest absolute Gasteiger partial charge is 0.300 e. The Balaban J connectivity index is 0.00000104. The zero-order chi connectivity index (χ0) is 27.8. The number of likely N-dealkylation sites (tertiary alicyclic amines) is 1. The maximum atomic E-state index is 13.1. The van der Waals surface area contributed by atoms with Gasteiger partial charge in [-0.3, -0.25) is 19.3 Å². The predicted octanol–water partition coefficient (Wildman–Crippen LogP) is 5.32. The van der Waals surface area contributed by atoms with Gasteiger partial charge in [0.2, 0.25) is 6.79 Å². The van der Waals surface area contributed by atoms with E-state index in [9.17, 15) is 4.79 Å². The number of carbonyl (C=O) groups excluding carboxylic acids is 1. The van der Waals surface area contributed by atoms with Crippen LogP contribution in [0.15, 0.2) is 18.2 Å². The van der Waals surface area contributed by atoms with Crippen molar-refractivity contribution in [3.8, 4) is 24.3 Å². The minimum absolute atomic E-state index is 0.0785. The highest BCUT2D eigenvalue weighted by Gasteiger charge is 2.36. The van der Waals surface area contributed by atoms with Crippen LogP contribution in [0.25, 0.3) is 0 Å². The molecule has 1 N–H and O–H groups in total. The topological polar surface area (TPSA) is 88.5 Å². The van der Waals surface area contributed by atoms with Crippen LogP contribution in [0.5, 0.6) is 11.5 Å². The zero-order valence-corrected chi connectivity index (χ0v) is 23.3. The third kappa shape index (κ3) is 11.0. The number of terminal acetylenes is 1. The summed E-state index contributed by atoms with van der Waals surface area (Å²) in [5.74, 6) is 1.97. The van der Waals surface area contributed by atoms with Gasteiger partial charge in [0, 0.05) is 26.1 Å². The summed E-state index contributed by atoms with van der Waals surface area (Å²) in [5.41, 5.74) is 1.28. The first-order valence-corrected chi connectivity index (χ1v) is 13.4. The number of hydrogen-bond donors (Lipinski definition) is 1. The van der Waals surface area contributed by atoms with Gasteiger partial charge >= 0.3 is 0 Å². The zero-order valence-electron chi connectivity index (χ0n) is 23.3. The van der Waals surface area contributed by atoms with E-state index in [1.54, 1.807) is 5.06 Å². The molecule has 0 bridgehead atoms. The van der Waals surface area contributed by atoms with Crippen LogP contribution in [0.4, 0.5) is 0 Å². The molecule has 208 valence electrons. The summed E-state index contributed by atoms with van der Waals surface area (Å²) >= 11 is 0. The molecule has 0 aromatic heterocycles. The average Bonchev–Trinajstić information content (AvgIpc) is 3.49. The number of carboxylic acids is 1. The van der Waals surface area contributed by atoms with Crippen LogP contribution in [0, 0.1) is 18.8 Å². The van der Waals surface area contributed by atoms with E-state index in [4.69, 9.17) is 24.2 Å². The third-order valence-corrected chi connectivity index (χ3v) is 6.35. The molecule has 3 atom stereocenters. The van der Waals surface area contributed by atoms with E-state index in [0.29, 0.717) is 44.4 Å². The molecule has 8 heteroatoms. The molecule has 2 heterocycles. The van der Waals surface area contributed by atoms with Gasteiger partial charge in [0.1, 0.15) is 0 Å². The Hall–Kier alpha value is -2.76. The lowest BCUT2D eigenvalue weighted by atomic mass is 9.91. The fourth-order valence-electron chi connectivity index (χ4n) is 4.83. The average molecular weight is 519 g/mol. The molecule has 37 heavy (non-hydrogen) atoms. The standard InChI is InChI=1S/C25H40N2O4.C2H4O2.C2H2/c1-5-8-19(4)13-22-14-21(20-9-10-23-24(15-20)30-18-29-23)16-26(22)17-25(28)27(11-6-2)31-12-7-3;1-2(3)4;1-2/h9-10,15,19,21-22H,5-8,11-14,16-18H2,1-4H3;1H3,(H,3,4);1-2H/t19?,21?,22-;;/m0../s1. The Morgan fingerprint density at radius 2 is 1.84 bits per heavy atom. The Kier molecular flexibility index (Phi) is 15.4. The lowest BCUT2D eigenvalue weighted by Crippen LogP contribution is -2.43. The summed E-state index contributed by atoms with van der Waals surface area (Å²) in [7, 11) is 0. The SMILES string of the molecule is C#C.CC(=O)O.CCCON(CCC)C(=O)CN1CC(c2ccc3c(c2)OCO3)C[C@@H]1CC(C)CCC. The fraction of sp³-hybridized carbons (Fsp3) is 0.655. The monoisotopic (exact) mass is 518 g/mol. The van der Waals surface area contributed by atoms with Crippen molar-refractivity contribution in [2.45, 2.75) is 85.1 Å². The number of carboxylic acid groups (broad SMARTS) is 1. The van der Waals surface area contributed by atoms with Crippen molar-refractivity contribution in [3.63, 3.8) is 0 Å². The van der Waals surface area contributed by atoms with Crippen molar-refractivity contribution in [2.75, 3.05) is 33.0 Å². The predicted molar refractivity (Wildman–Crippen MR) is 145 cm³/mol. The minimum Gasteiger partial charge on any atom is -0.481 e. The van der Waals surface area contributed by atoms with Crippen LogP contribution in [0.2, 0.25) is 0 Å². The molecule has 2 aliphatic heterocycles. The van der Waals surface area contributed by atoms with Crippen molar-refractivity contribution >= 4 is 11.9 Å². The number of fused-ring (bicyclic) bond motifs is 1. The van der Waals surface area contributed by atoms with Gasteiger partial charge in [0.05, 0.1) is 13.2 Å². The normalized spacial score (nSPS) is 18.7. The van der Waals surface area contributed by atoms with Crippen molar-refractivity contribution < 1.29 is 29.0 Å². The first-order chi connectivity index (χ1) is 17.8. The number of ether oxygens (including phenoxy) is 2. The van der Waals surface area contributed by atoms with Crippen LogP contribution in [-0.2, 0) is 14.4 Å². The lowest BCUT2D eigenvalue weighted by molar-refractivity contribution is -0.188. The van der Waals surface area contributed by atoms with Crippen molar-refractivity contribution in [2.24, 2.45) is 5.92 Å². The molecule has 0 spiro atoms. The van der Waals surface area contributed by atoms with E-state index in [-0.39, 0.29) is 5.91 Å². The van der Waals surface area contributed by atoms with Gasteiger partial charge < -0.3 is 14.6 Å². The summed E-state index contributed by atoms with van der Waals surface area (Å²) < 4.78 is 11.1. The number of rotatable bonds is 12. The Labute approximate surface area is 223 Å². The van der Waals surface area contributed by atoms with Gasteiger partial charge in [-0.25, -0.2) is 5.06 Å². The first kappa shape index (κ1) is 32.3. The molecule has 0 saturated carbocycles. The van der Waals surface area contributed by atoms with Gasteiger partial charge in [-0.15, -0.1) is 12.8 Å². The largest absolute Gasteiger partial charge is 0.481 e. The van der Waals surface area contributed by atoms with Crippen LogP contribution in [0.1, 0.15) is 84.6 Å². The van der Waals surface area contributed by atoms with E-state index in [1.807, 2.05) is 6.07 Å². The summed E-state index contributed by atoms with van der Waals surface area (Å²) in [6, 6.07) is 6.71. The van der Waals surface area contributed by atoms with Crippen LogP contribution >= 0.6 is 0 Å². The van der Waals surface area contributed by atoms with Gasteiger partial charge in [-0.1, -0.05) is 46.6 Å². The highest BCUT2D eigenvalue weighted by Crippen LogP contribution is 2.40. The molecule has 2 aliphatic rings. The molecule has 3 rings (SSSR count).